The van der Waals surface area contributed by atoms with Crippen molar-refractivity contribution in [2.75, 3.05) is 13.2 Å². The maximum Gasteiger partial charge on any atom is 0.329 e. The monoisotopic (exact) mass is 384 g/mol. The van der Waals surface area contributed by atoms with E-state index in [1.54, 1.807) is 11.8 Å². The molecule has 1 fully saturated rings. The summed E-state index contributed by atoms with van der Waals surface area (Å²) in [4.78, 5) is 27.0. The number of nitrogens with two attached hydrogens (primary N) is 1. The molecular weight excluding hydrogens is 352 g/mol. The van der Waals surface area contributed by atoms with Gasteiger partial charge in [-0.2, -0.15) is 0 Å². The van der Waals surface area contributed by atoms with Crippen LogP contribution in [0.4, 0.5) is 0 Å². The van der Waals surface area contributed by atoms with Gasteiger partial charge in [-0.3, -0.25) is 4.79 Å². The molecule has 1 amide bonds. The van der Waals surface area contributed by atoms with Gasteiger partial charge in [0.15, 0.2) is 0 Å². The molecule has 2 N–H and O–H groups in total. The van der Waals surface area contributed by atoms with Crippen molar-refractivity contribution in [2.24, 2.45) is 11.7 Å². The lowest BCUT2D eigenvalue weighted by molar-refractivity contribution is -0.153. The second-order valence-electron chi connectivity index (χ2n) is 7.28. The fourth-order valence-corrected chi connectivity index (χ4v) is 3.75. The first kappa shape index (κ1) is 21.7. The van der Waals surface area contributed by atoms with Crippen molar-refractivity contribution >= 4 is 23.6 Å². The zero-order chi connectivity index (χ0) is 20.8. The molecule has 1 aliphatic heterocycles. The molecule has 5 heteroatoms. The third kappa shape index (κ3) is 4.64. The van der Waals surface area contributed by atoms with Gasteiger partial charge in [-0.05, 0) is 49.4 Å². The van der Waals surface area contributed by atoms with Gasteiger partial charge in [0.1, 0.15) is 6.04 Å². The van der Waals surface area contributed by atoms with Gasteiger partial charge in [0, 0.05) is 30.1 Å². The van der Waals surface area contributed by atoms with Gasteiger partial charge < -0.3 is 15.4 Å². The van der Waals surface area contributed by atoms with Crippen molar-refractivity contribution in [1.29, 1.82) is 0 Å². The Labute approximate surface area is 168 Å². The SMILES string of the molecule is C=C(N)c1cc(CC)c(C[C@H](C(=O)OCC)N2CC[C@H](C)C2=O)cc1/C=C\C. The summed E-state index contributed by atoms with van der Waals surface area (Å²) in [6, 6.07) is 3.50. The lowest BCUT2D eigenvalue weighted by Gasteiger charge is -2.27. The molecule has 1 heterocycles. The number of esters is 1. The molecule has 0 saturated carbocycles. The molecule has 0 unspecified atom stereocenters. The van der Waals surface area contributed by atoms with Crippen molar-refractivity contribution in [1.82, 2.24) is 4.90 Å². The van der Waals surface area contributed by atoms with Gasteiger partial charge in [-0.25, -0.2) is 4.79 Å². The van der Waals surface area contributed by atoms with Crippen LogP contribution >= 0.6 is 0 Å². The standard InChI is InChI=1S/C23H32N2O3/c1-6-9-18-12-19(17(7-2)13-20(18)16(5)24)14-21(23(27)28-8-3)25-11-10-15(4)22(25)26/h6,9,12-13,15,21H,5,7-8,10-11,14,24H2,1-4H3/b9-6-/t15-,21+/m0/s1. The Morgan fingerprint density at radius 2 is 2.11 bits per heavy atom. The van der Waals surface area contributed by atoms with Crippen LogP contribution in [-0.2, 0) is 27.2 Å². The number of carbonyl (C=O) groups excluding carboxylic acids is 2. The highest BCUT2D eigenvalue weighted by molar-refractivity contribution is 5.87. The van der Waals surface area contributed by atoms with Crippen LogP contribution in [0, 0.1) is 5.92 Å². The van der Waals surface area contributed by atoms with Gasteiger partial charge in [-0.1, -0.05) is 38.6 Å². The molecule has 1 aliphatic rings. The topological polar surface area (TPSA) is 72.6 Å². The molecule has 152 valence electrons. The number of amides is 1. The van der Waals surface area contributed by atoms with Crippen LogP contribution in [0.1, 0.15) is 56.4 Å². The van der Waals surface area contributed by atoms with E-state index < -0.39 is 6.04 Å². The molecule has 1 aromatic rings. The first-order chi connectivity index (χ1) is 13.3. The lowest BCUT2D eigenvalue weighted by Crippen LogP contribution is -2.45. The van der Waals surface area contributed by atoms with Gasteiger partial charge in [0.05, 0.1) is 6.61 Å². The normalized spacial score (nSPS) is 17.9. The van der Waals surface area contributed by atoms with E-state index >= 15 is 0 Å². The molecule has 28 heavy (non-hydrogen) atoms. The average Bonchev–Trinajstić information content (AvgIpc) is 2.98. The van der Waals surface area contributed by atoms with Gasteiger partial charge >= 0.3 is 5.97 Å². The smallest absolute Gasteiger partial charge is 0.329 e. The van der Waals surface area contributed by atoms with Gasteiger partial charge in [-0.15, -0.1) is 0 Å². The largest absolute Gasteiger partial charge is 0.464 e. The number of aryl methyl sites for hydroxylation is 1. The van der Waals surface area contributed by atoms with E-state index in [0.717, 1.165) is 35.1 Å². The summed E-state index contributed by atoms with van der Waals surface area (Å²) in [7, 11) is 0. The van der Waals surface area contributed by atoms with Crippen molar-refractivity contribution < 1.29 is 14.3 Å². The van der Waals surface area contributed by atoms with E-state index in [0.29, 0.717) is 25.3 Å². The number of likely N-dealkylation sites (tertiary alicyclic amines) is 1. The highest BCUT2D eigenvalue weighted by Crippen LogP contribution is 2.27. The molecule has 1 saturated heterocycles. The first-order valence-corrected chi connectivity index (χ1v) is 10.0. The highest BCUT2D eigenvalue weighted by atomic mass is 16.5. The lowest BCUT2D eigenvalue weighted by atomic mass is 9.91. The Morgan fingerprint density at radius 1 is 1.39 bits per heavy atom. The van der Waals surface area contributed by atoms with Crippen LogP contribution in [0.15, 0.2) is 24.8 Å². The number of rotatable bonds is 8. The highest BCUT2D eigenvalue weighted by Gasteiger charge is 2.38. The molecule has 0 spiro atoms. The minimum absolute atomic E-state index is 0.0248. The van der Waals surface area contributed by atoms with Crippen LogP contribution < -0.4 is 5.73 Å². The summed E-state index contributed by atoms with van der Waals surface area (Å²) >= 11 is 0. The Bertz CT molecular complexity index is 782. The van der Waals surface area contributed by atoms with Crippen molar-refractivity contribution in [3.63, 3.8) is 0 Å². The number of hydrogen-bond donors (Lipinski definition) is 1. The van der Waals surface area contributed by atoms with E-state index in [1.165, 1.54) is 0 Å². The van der Waals surface area contributed by atoms with E-state index in [-0.39, 0.29) is 17.8 Å². The van der Waals surface area contributed by atoms with E-state index in [2.05, 4.69) is 19.6 Å². The van der Waals surface area contributed by atoms with E-state index in [9.17, 15) is 9.59 Å². The Morgan fingerprint density at radius 3 is 2.61 bits per heavy atom. The Kier molecular flexibility index (Phi) is 7.44. The molecule has 0 aliphatic carbocycles. The quantitative estimate of drug-likeness (QED) is 0.696. The Balaban J connectivity index is 2.47. The molecule has 2 rings (SSSR count). The second-order valence-corrected chi connectivity index (χ2v) is 7.28. The average molecular weight is 385 g/mol. The zero-order valence-electron chi connectivity index (χ0n) is 17.5. The van der Waals surface area contributed by atoms with E-state index in [4.69, 9.17) is 10.5 Å². The number of hydrogen-bond acceptors (Lipinski definition) is 4. The van der Waals surface area contributed by atoms with Crippen LogP contribution in [-0.4, -0.2) is 36.0 Å². The van der Waals surface area contributed by atoms with Crippen LogP contribution in [0.2, 0.25) is 0 Å². The van der Waals surface area contributed by atoms with Crippen molar-refractivity contribution in [2.45, 2.75) is 53.0 Å². The van der Waals surface area contributed by atoms with Gasteiger partial charge in [0.2, 0.25) is 5.91 Å². The van der Waals surface area contributed by atoms with E-state index in [1.807, 2.05) is 32.1 Å². The van der Waals surface area contributed by atoms with Crippen molar-refractivity contribution in [3.05, 3.63) is 47.0 Å². The molecule has 0 bridgehead atoms. The predicted molar refractivity (Wildman–Crippen MR) is 113 cm³/mol. The fraction of sp³-hybridized carbons (Fsp3) is 0.478. The van der Waals surface area contributed by atoms with Crippen LogP contribution in [0.3, 0.4) is 0 Å². The predicted octanol–water partition coefficient (Wildman–Crippen LogP) is 3.55. The summed E-state index contributed by atoms with van der Waals surface area (Å²) in [5.41, 5.74) is 10.5. The summed E-state index contributed by atoms with van der Waals surface area (Å²) in [6.07, 6.45) is 5.93. The molecule has 5 nitrogen and oxygen atoms in total. The second kappa shape index (κ2) is 9.58. The molecule has 0 radical (unpaired) electrons. The molecule has 0 aromatic heterocycles. The number of allylic oxidation sites excluding steroid dienone is 1. The molecule has 2 atom stereocenters. The number of benzene rings is 1. The first-order valence-electron chi connectivity index (χ1n) is 10.0. The Hall–Kier alpha value is -2.56. The fourth-order valence-electron chi connectivity index (χ4n) is 3.75. The number of nitrogens with zero attached hydrogens (tertiary/aromatic N) is 1. The zero-order valence-corrected chi connectivity index (χ0v) is 17.5. The van der Waals surface area contributed by atoms with Crippen LogP contribution in [0.5, 0.6) is 0 Å². The van der Waals surface area contributed by atoms with Crippen LogP contribution in [0.25, 0.3) is 11.8 Å². The van der Waals surface area contributed by atoms with Gasteiger partial charge in [0.25, 0.3) is 0 Å². The molecular formula is C23H32N2O3. The summed E-state index contributed by atoms with van der Waals surface area (Å²) in [5, 5.41) is 0. The third-order valence-corrected chi connectivity index (χ3v) is 5.30. The molecule has 1 aromatic carbocycles. The van der Waals surface area contributed by atoms with Crippen molar-refractivity contribution in [3.8, 4) is 0 Å². The summed E-state index contributed by atoms with van der Waals surface area (Å²) in [5.74, 6) is -0.368. The minimum Gasteiger partial charge on any atom is -0.464 e. The number of ether oxygens (including phenoxy) is 1. The maximum absolute atomic E-state index is 12.7. The summed E-state index contributed by atoms with van der Waals surface area (Å²) in [6.45, 7) is 12.5. The third-order valence-electron chi connectivity index (χ3n) is 5.30. The maximum atomic E-state index is 12.7. The minimum atomic E-state index is -0.604. The summed E-state index contributed by atoms with van der Waals surface area (Å²) < 4.78 is 5.30. The number of carbonyl (C=O) groups is 2.